The first kappa shape index (κ1) is 25.3. The number of nitrogens with one attached hydrogen (secondary N) is 1. The van der Waals surface area contributed by atoms with Crippen LogP contribution in [0.2, 0.25) is 0 Å². The van der Waals surface area contributed by atoms with Crippen molar-refractivity contribution in [2.24, 2.45) is 0 Å². The van der Waals surface area contributed by atoms with Crippen LogP contribution in [0.3, 0.4) is 0 Å². The number of para-hydroxylation sites is 1. The molecule has 0 atom stereocenters. The van der Waals surface area contributed by atoms with Crippen LogP contribution in [0.25, 0.3) is 28.2 Å². The summed E-state index contributed by atoms with van der Waals surface area (Å²) in [5, 5.41) is 14.2. The summed E-state index contributed by atoms with van der Waals surface area (Å²) in [4.78, 5) is 18.1. The van der Waals surface area contributed by atoms with Gasteiger partial charge in [0.1, 0.15) is 0 Å². The van der Waals surface area contributed by atoms with Crippen LogP contribution >= 0.6 is 0 Å². The molecule has 3 heterocycles. The van der Waals surface area contributed by atoms with Crippen LogP contribution in [-0.2, 0) is 19.4 Å². The number of H-pyrrole nitrogens is 1. The highest BCUT2D eigenvalue weighted by atomic mass is 16.1. The summed E-state index contributed by atoms with van der Waals surface area (Å²) in [5.41, 5.74) is 8.37. The normalized spacial score (nSPS) is 11.2. The van der Waals surface area contributed by atoms with Gasteiger partial charge in [0.2, 0.25) is 0 Å². The Labute approximate surface area is 222 Å². The summed E-state index contributed by atoms with van der Waals surface area (Å²) in [6.45, 7) is 6.97. The largest absolute Gasteiger partial charge is 0.333 e. The average Bonchev–Trinajstić information content (AvgIpc) is 3.58. The van der Waals surface area contributed by atoms with Gasteiger partial charge in [-0.1, -0.05) is 69.2 Å². The quantitative estimate of drug-likeness (QED) is 0.268. The molecule has 0 saturated heterocycles. The summed E-state index contributed by atoms with van der Waals surface area (Å²) < 4.78 is 3.80. The Hall–Kier alpha value is -4.33. The van der Waals surface area contributed by atoms with Gasteiger partial charge >= 0.3 is 5.69 Å². The van der Waals surface area contributed by atoms with E-state index in [9.17, 15) is 4.79 Å². The van der Waals surface area contributed by atoms with Crippen molar-refractivity contribution in [1.82, 2.24) is 34.7 Å². The number of aromatic nitrogens is 7. The van der Waals surface area contributed by atoms with Crippen LogP contribution in [-0.4, -0.2) is 34.7 Å². The molecule has 0 spiro atoms. The van der Waals surface area contributed by atoms with Crippen LogP contribution in [0.15, 0.2) is 71.9 Å². The Morgan fingerprint density at radius 2 is 1.79 bits per heavy atom. The SMILES string of the molecule is CCCCc1cn(-c2c(C)cccc2CCC)c(=O)n1Cc1ccc(-c2ccncc2-c2nnn[nH]2)cc1. The summed E-state index contributed by atoms with van der Waals surface area (Å²) in [7, 11) is 0. The molecule has 0 saturated carbocycles. The van der Waals surface area contributed by atoms with E-state index in [1.807, 2.05) is 15.2 Å². The molecule has 5 rings (SSSR count). The minimum Gasteiger partial charge on any atom is -0.292 e. The van der Waals surface area contributed by atoms with Gasteiger partial charge in [-0.15, -0.1) is 5.10 Å². The maximum atomic E-state index is 13.8. The van der Waals surface area contributed by atoms with E-state index in [1.165, 1.54) is 5.56 Å². The molecule has 0 amide bonds. The Bertz CT molecular complexity index is 1560. The molecule has 0 fully saturated rings. The molecular formula is C30H33N7O. The lowest BCUT2D eigenvalue weighted by atomic mass is 10.00. The summed E-state index contributed by atoms with van der Waals surface area (Å²) >= 11 is 0. The Balaban J connectivity index is 1.50. The van der Waals surface area contributed by atoms with Gasteiger partial charge in [0.15, 0.2) is 5.82 Å². The number of rotatable bonds is 10. The van der Waals surface area contributed by atoms with Crippen LogP contribution in [0.1, 0.15) is 55.5 Å². The molecule has 8 heteroatoms. The summed E-state index contributed by atoms with van der Waals surface area (Å²) in [6, 6.07) is 16.6. The molecule has 0 radical (unpaired) electrons. The van der Waals surface area contributed by atoms with Crippen LogP contribution < -0.4 is 5.69 Å². The second kappa shape index (κ2) is 11.4. The van der Waals surface area contributed by atoms with Crippen molar-refractivity contribution >= 4 is 0 Å². The van der Waals surface area contributed by atoms with Crippen LogP contribution in [0.5, 0.6) is 0 Å². The standard InChI is InChI=1S/C30H33N7O/c1-4-6-11-25-20-37(28-21(3)9-7-10-24(28)8-5-2)30(38)36(25)19-22-12-14-23(15-13-22)26-16-17-31-18-27(26)29-32-34-35-33-29/h7,9-10,12-18,20H,4-6,8,11,19H2,1-3H3,(H,32,33,34,35). The molecular weight excluding hydrogens is 474 g/mol. The van der Waals surface area contributed by atoms with Crippen molar-refractivity contribution in [1.29, 1.82) is 0 Å². The number of hydrogen-bond donors (Lipinski definition) is 1. The fourth-order valence-electron chi connectivity index (χ4n) is 5.03. The molecule has 0 aliphatic carbocycles. The number of unbranched alkanes of at least 4 members (excludes halogenated alkanes) is 1. The number of aryl methyl sites for hydroxylation is 3. The topological polar surface area (TPSA) is 94.3 Å². The monoisotopic (exact) mass is 507 g/mol. The number of tetrazole rings is 1. The van der Waals surface area contributed by atoms with Crippen LogP contribution in [0, 0.1) is 6.92 Å². The zero-order valence-corrected chi connectivity index (χ0v) is 22.2. The average molecular weight is 508 g/mol. The minimum absolute atomic E-state index is 0.0149. The second-order valence-corrected chi connectivity index (χ2v) is 9.66. The number of benzene rings is 2. The molecule has 0 bridgehead atoms. The predicted molar refractivity (Wildman–Crippen MR) is 149 cm³/mol. The number of aromatic amines is 1. The van der Waals surface area contributed by atoms with E-state index in [2.05, 4.69) is 95.0 Å². The van der Waals surface area contributed by atoms with Gasteiger partial charge < -0.3 is 0 Å². The number of imidazole rings is 1. The Morgan fingerprint density at radius 1 is 0.947 bits per heavy atom. The molecule has 194 valence electrons. The molecule has 38 heavy (non-hydrogen) atoms. The van der Waals surface area contributed by atoms with E-state index in [-0.39, 0.29) is 5.69 Å². The first-order valence-electron chi connectivity index (χ1n) is 13.3. The van der Waals surface area contributed by atoms with E-state index in [4.69, 9.17) is 0 Å². The van der Waals surface area contributed by atoms with Gasteiger partial charge in [0, 0.05) is 29.8 Å². The highest BCUT2D eigenvalue weighted by Crippen LogP contribution is 2.29. The lowest BCUT2D eigenvalue weighted by Crippen LogP contribution is -2.25. The highest BCUT2D eigenvalue weighted by Gasteiger charge is 2.17. The third kappa shape index (κ3) is 5.07. The molecule has 0 unspecified atom stereocenters. The van der Waals surface area contributed by atoms with Crippen molar-refractivity contribution < 1.29 is 0 Å². The second-order valence-electron chi connectivity index (χ2n) is 9.66. The van der Waals surface area contributed by atoms with Gasteiger partial charge in [-0.3, -0.25) is 14.1 Å². The van der Waals surface area contributed by atoms with Crippen molar-refractivity contribution in [2.45, 2.75) is 59.4 Å². The third-order valence-corrected chi connectivity index (χ3v) is 6.96. The minimum atomic E-state index is 0.0149. The Kier molecular flexibility index (Phi) is 7.58. The van der Waals surface area contributed by atoms with Crippen molar-refractivity contribution in [3.05, 3.63) is 100.0 Å². The lowest BCUT2D eigenvalue weighted by Gasteiger charge is -2.12. The highest BCUT2D eigenvalue weighted by molar-refractivity contribution is 5.79. The molecule has 2 aromatic carbocycles. The van der Waals surface area contributed by atoms with Crippen LogP contribution in [0.4, 0.5) is 0 Å². The van der Waals surface area contributed by atoms with Crippen molar-refractivity contribution in [3.63, 3.8) is 0 Å². The first-order valence-corrected chi connectivity index (χ1v) is 13.3. The molecule has 8 nitrogen and oxygen atoms in total. The van der Waals surface area contributed by atoms with Gasteiger partial charge in [-0.2, -0.15) is 0 Å². The van der Waals surface area contributed by atoms with Gasteiger partial charge in [0.25, 0.3) is 0 Å². The van der Waals surface area contributed by atoms with E-state index in [1.54, 1.807) is 12.4 Å². The third-order valence-electron chi connectivity index (χ3n) is 6.96. The van der Waals surface area contributed by atoms with Crippen molar-refractivity contribution in [2.75, 3.05) is 0 Å². The summed E-state index contributed by atoms with van der Waals surface area (Å²) in [5.74, 6) is 0.573. The van der Waals surface area contributed by atoms with E-state index < -0.39 is 0 Å². The smallest absolute Gasteiger partial charge is 0.292 e. The lowest BCUT2D eigenvalue weighted by molar-refractivity contribution is 0.673. The zero-order valence-electron chi connectivity index (χ0n) is 22.2. The van der Waals surface area contributed by atoms with E-state index >= 15 is 0 Å². The Morgan fingerprint density at radius 3 is 2.53 bits per heavy atom. The van der Waals surface area contributed by atoms with Gasteiger partial charge in [-0.25, -0.2) is 9.89 Å². The predicted octanol–water partition coefficient (Wildman–Crippen LogP) is 5.53. The maximum Gasteiger partial charge on any atom is 0.333 e. The molecule has 1 N–H and O–H groups in total. The summed E-state index contributed by atoms with van der Waals surface area (Å²) in [6.07, 6.45) is 10.5. The van der Waals surface area contributed by atoms with Gasteiger partial charge in [0.05, 0.1) is 12.2 Å². The molecule has 0 aliphatic rings. The van der Waals surface area contributed by atoms with Crippen molar-refractivity contribution in [3.8, 4) is 28.2 Å². The van der Waals surface area contributed by atoms with Gasteiger partial charge in [-0.05, 0) is 70.5 Å². The maximum absolute atomic E-state index is 13.8. The molecule has 3 aromatic heterocycles. The zero-order chi connectivity index (χ0) is 26.5. The van der Waals surface area contributed by atoms with E-state index in [0.29, 0.717) is 12.4 Å². The fourth-order valence-corrected chi connectivity index (χ4v) is 5.03. The first-order chi connectivity index (χ1) is 18.6. The fraction of sp³-hybridized carbons (Fsp3) is 0.300. The molecule has 5 aromatic rings. The van der Waals surface area contributed by atoms with E-state index in [0.717, 1.165) is 71.3 Å². The number of nitrogens with zero attached hydrogens (tertiary/aromatic N) is 6. The number of pyridine rings is 1. The number of hydrogen-bond acceptors (Lipinski definition) is 5. The molecule has 0 aliphatic heterocycles.